The number of carbonyl (C=O) groups excluding carboxylic acids is 2. The molecule has 3 fully saturated rings. The quantitative estimate of drug-likeness (QED) is 0.247. The summed E-state index contributed by atoms with van der Waals surface area (Å²) in [5.74, 6) is -1.21. The van der Waals surface area contributed by atoms with Crippen LogP contribution in [0.3, 0.4) is 0 Å². The lowest BCUT2D eigenvalue weighted by Gasteiger charge is -2.45. The summed E-state index contributed by atoms with van der Waals surface area (Å²) in [6, 6.07) is 25.6. The molecule has 3 heterocycles. The van der Waals surface area contributed by atoms with Crippen LogP contribution in [0.4, 0.5) is 5.69 Å². The highest BCUT2D eigenvalue weighted by molar-refractivity contribution is 5.93. The van der Waals surface area contributed by atoms with E-state index in [9.17, 15) is 19.5 Å². The molecule has 0 radical (unpaired) electrons. The number of hydrogen-bond acceptors (Lipinski definition) is 8. The van der Waals surface area contributed by atoms with Crippen molar-refractivity contribution in [2.45, 2.75) is 69.3 Å². The van der Waals surface area contributed by atoms with Crippen molar-refractivity contribution in [2.24, 2.45) is 0 Å². The molecule has 3 atom stereocenters. The SMILES string of the molecule is O=C(O)CCC(=O)NCc1ccc(C2OC(CN3CCC4(CC3)C(=O)NCN4c3ccccc3)CC(c3ccc(CO)cc3)O2)cc1. The molecule has 0 aliphatic carbocycles. The third-order valence-electron chi connectivity index (χ3n) is 9.47. The van der Waals surface area contributed by atoms with Gasteiger partial charge in [-0.05, 0) is 41.7 Å². The van der Waals surface area contributed by atoms with E-state index in [4.69, 9.17) is 14.6 Å². The Hall–Kier alpha value is -4.29. The third kappa shape index (κ3) is 7.65. The lowest BCUT2D eigenvalue weighted by atomic mass is 9.85. The average molecular weight is 643 g/mol. The number of benzene rings is 3. The topological polar surface area (TPSA) is 141 Å². The number of rotatable bonds is 11. The Balaban J connectivity index is 1.12. The Bertz CT molecular complexity index is 1530. The van der Waals surface area contributed by atoms with Gasteiger partial charge in [0.2, 0.25) is 11.8 Å². The van der Waals surface area contributed by atoms with Gasteiger partial charge in [0.25, 0.3) is 0 Å². The van der Waals surface area contributed by atoms with E-state index in [0.29, 0.717) is 26.2 Å². The number of hydrogen-bond donors (Lipinski definition) is 4. The Kier molecular flexibility index (Phi) is 10.2. The number of carboxylic acid groups (broad SMARTS) is 1. The summed E-state index contributed by atoms with van der Waals surface area (Å²) >= 11 is 0. The first kappa shape index (κ1) is 32.6. The van der Waals surface area contributed by atoms with Crippen LogP contribution < -0.4 is 15.5 Å². The molecule has 3 aliphatic heterocycles. The highest BCUT2D eigenvalue weighted by Gasteiger charge is 2.50. The molecule has 3 saturated heterocycles. The van der Waals surface area contributed by atoms with Crippen LogP contribution in [0.1, 0.15) is 66.8 Å². The van der Waals surface area contributed by atoms with Gasteiger partial charge < -0.3 is 40.1 Å². The van der Waals surface area contributed by atoms with Gasteiger partial charge in [0, 0.05) is 50.3 Å². The number of nitrogens with zero attached hydrogens (tertiary/aromatic N) is 2. The number of carboxylic acids is 1. The van der Waals surface area contributed by atoms with E-state index in [1.165, 1.54) is 0 Å². The van der Waals surface area contributed by atoms with Crippen molar-refractivity contribution in [2.75, 3.05) is 31.2 Å². The van der Waals surface area contributed by atoms with Crippen LogP contribution >= 0.6 is 0 Å². The molecule has 248 valence electrons. The van der Waals surface area contributed by atoms with Gasteiger partial charge in [-0.2, -0.15) is 0 Å². The largest absolute Gasteiger partial charge is 0.481 e. The van der Waals surface area contributed by atoms with Gasteiger partial charge in [0.05, 0.1) is 31.9 Å². The second kappa shape index (κ2) is 14.6. The Morgan fingerprint density at radius 1 is 0.894 bits per heavy atom. The summed E-state index contributed by atoms with van der Waals surface area (Å²) in [5.41, 5.74) is 4.08. The Morgan fingerprint density at radius 3 is 2.26 bits per heavy atom. The van der Waals surface area contributed by atoms with Crippen molar-refractivity contribution in [1.29, 1.82) is 0 Å². The van der Waals surface area contributed by atoms with Gasteiger partial charge in [0.1, 0.15) is 5.54 Å². The minimum atomic E-state index is -1.00. The van der Waals surface area contributed by atoms with Gasteiger partial charge >= 0.3 is 5.97 Å². The summed E-state index contributed by atoms with van der Waals surface area (Å²) in [6.45, 7) is 3.02. The summed E-state index contributed by atoms with van der Waals surface area (Å²) < 4.78 is 13.1. The van der Waals surface area contributed by atoms with Crippen molar-refractivity contribution in [3.63, 3.8) is 0 Å². The molecular weight excluding hydrogens is 600 g/mol. The normalized spacial score (nSPS) is 22.6. The highest BCUT2D eigenvalue weighted by Crippen LogP contribution is 2.40. The van der Waals surface area contributed by atoms with Crippen LogP contribution in [0, 0.1) is 0 Å². The van der Waals surface area contributed by atoms with Gasteiger partial charge in [-0.3, -0.25) is 14.4 Å². The number of anilines is 1. The van der Waals surface area contributed by atoms with Crippen molar-refractivity contribution in [3.05, 3.63) is 101 Å². The van der Waals surface area contributed by atoms with Crippen LogP contribution in [-0.4, -0.2) is 70.8 Å². The lowest BCUT2D eigenvalue weighted by Crippen LogP contribution is -2.57. The zero-order chi connectivity index (χ0) is 32.8. The summed E-state index contributed by atoms with van der Waals surface area (Å²) in [6.07, 6.45) is 0.892. The number of para-hydroxylation sites is 1. The van der Waals surface area contributed by atoms with E-state index in [0.717, 1.165) is 53.9 Å². The van der Waals surface area contributed by atoms with Crippen LogP contribution in [0.5, 0.6) is 0 Å². The summed E-state index contributed by atoms with van der Waals surface area (Å²) in [5, 5.41) is 24.2. The molecule has 0 aromatic heterocycles. The summed E-state index contributed by atoms with van der Waals surface area (Å²) in [7, 11) is 0. The predicted molar refractivity (Wildman–Crippen MR) is 174 cm³/mol. The predicted octanol–water partition coefficient (Wildman–Crippen LogP) is 3.63. The smallest absolute Gasteiger partial charge is 0.303 e. The van der Waals surface area contributed by atoms with E-state index in [2.05, 4.69) is 32.6 Å². The van der Waals surface area contributed by atoms with Crippen LogP contribution in [0.25, 0.3) is 0 Å². The lowest BCUT2D eigenvalue weighted by molar-refractivity contribution is -0.253. The first-order valence-corrected chi connectivity index (χ1v) is 16.2. The van der Waals surface area contributed by atoms with E-state index in [1.54, 1.807) is 0 Å². The fraction of sp³-hybridized carbons (Fsp3) is 0.417. The van der Waals surface area contributed by atoms with Gasteiger partial charge in [-0.25, -0.2) is 0 Å². The molecule has 3 aromatic carbocycles. The first-order valence-electron chi connectivity index (χ1n) is 16.2. The van der Waals surface area contributed by atoms with Gasteiger partial charge in [-0.1, -0.05) is 66.7 Å². The number of carbonyl (C=O) groups is 3. The monoisotopic (exact) mass is 642 g/mol. The number of likely N-dealkylation sites (tertiary alicyclic amines) is 1. The molecule has 3 unspecified atom stereocenters. The molecule has 0 saturated carbocycles. The number of amides is 2. The molecule has 6 rings (SSSR count). The zero-order valence-electron chi connectivity index (χ0n) is 26.3. The second-order valence-electron chi connectivity index (χ2n) is 12.5. The molecule has 1 spiro atoms. The van der Waals surface area contributed by atoms with E-state index >= 15 is 0 Å². The van der Waals surface area contributed by atoms with E-state index in [-0.39, 0.29) is 43.5 Å². The highest BCUT2D eigenvalue weighted by atomic mass is 16.7. The molecule has 3 aromatic rings. The molecular formula is C36H42N4O7. The number of nitrogens with one attached hydrogen (secondary N) is 2. The fourth-order valence-electron chi connectivity index (χ4n) is 6.76. The molecule has 4 N–H and O–H groups in total. The minimum absolute atomic E-state index is 0.0251. The fourth-order valence-corrected chi connectivity index (χ4v) is 6.76. The van der Waals surface area contributed by atoms with Crippen molar-refractivity contribution in [3.8, 4) is 0 Å². The Labute approximate surface area is 274 Å². The van der Waals surface area contributed by atoms with Gasteiger partial charge in [-0.15, -0.1) is 0 Å². The summed E-state index contributed by atoms with van der Waals surface area (Å²) in [4.78, 5) is 40.5. The number of ether oxygens (including phenoxy) is 2. The molecule has 3 aliphatic rings. The molecule has 11 nitrogen and oxygen atoms in total. The van der Waals surface area contributed by atoms with Crippen LogP contribution in [0.15, 0.2) is 78.9 Å². The third-order valence-corrected chi connectivity index (χ3v) is 9.47. The number of aliphatic hydroxyl groups is 1. The molecule has 2 amide bonds. The van der Waals surface area contributed by atoms with Gasteiger partial charge in [0.15, 0.2) is 6.29 Å². The first-order chi connectivity index (χ1) is 22.8. The maximum Gasteiger partial charge on any atom is 0.303 e. The van der Waals surface area contributed by atoms with Crippen LogP contribution in [0.2, 0.25) is 0 Å². The van der Waals surface area contributed by atoms with E-state index < -0.39 is 17.8 Å². The van der Waals surface area contributed by atoms with E-state index in [1.807, 2.05) is 66.7 Å². The number of aliphatic carboxylic acids is 1. The van der Waals surface area contributed by atoms with Crippen LogP contribution in [-0.2, 0) is 37.0 Å². The number of piperidine rings is 1. The molecule has 11 heteroatoms. The zero-order valence-corrected chi connectivity index (χ0v) is 26.3. The molecule has 47 heavy (non-hydrogen) atoms. The maximum absolute atomic E-state index is 13.2. The average Bonchev–Trinajstić information content (AvgIpc) is 3.42. The Morgan fingerprint density at radius 2 is 1.57 bits per heavy atom. The van der Waals surface area contributed by atoms with Crippen molar-refractivity contribution < 1.29 is 34.1 Å². The maximum atomic E-state index is 13.2. The second-order valence-corrected chi connectivity index (χ2v) is 12.5. The standard InChI is InChI=1S/C36H42N4O7/c41-23-26-8-10-27(11-9-26)31-20-30(46-34(47-31)28-12-6-25(7-13-28)21-37-32(42)14-15-33(43)44)22-39-18-16-36(17-19-39)35(45)38-24-40(36)29-4-2-1-3-5-29/h1-13,30-31,34,41H,14-24H2,(H,37,42)(H,38,45)(H,43,44). The minimum Gasteiger partial charge on any atom is -0.481 e. The number of aliphatic hydroxyl groups excluding tert-OH is 1. The van der Waals surface area contributed by atoms with Crippen molar-refractivity contribution >= 4 is 23.5 Å². The molecule has 0 bridgehead atoms. The van der Waals surface area contributed by atoms with Crippen molar-refractivity contribution in [1.82, 2.24) is 15.5 Å².